The molecule has 2 rings (SSSR count). The van der Waals surface area contributed by atoms with Crippen LogP contribution in [0.25, 0.3) is 0 Å². The molecule has 2 aliphatic rings. The summed E-state index contributed by atoms with van der Waals surface area (Å²) in [6.45, 7) is 8.09. The van der Waals surface area contributed by atoms with Crippen LogP contribution in [0.3, 0.4) is 0 Å². The fourth-order valence-electron chi connectivity index (χ4n) is 4.90. The van der Waals surface area contributed by atoms with E-state index in [2.05, 4.69) is 6.92 Å². The average molecular weight is 351 g/mol. The van der Waals surface area contributed by atoms with Gasteiger partial charge in [-0.2, -0.15) is 0 Å². The lowest BCUT2D eigenvalue weighted by atomic mass is 9.82. The van der Waals surface area contributed by atoms with Gasteiger partial charge in [0.05, 0.1) is 5.92 Å². The van der Waals surface area contributed by atoms with E-state index in [1.807, 2.05) is 20.8 Å². The lowest BCUT2D eigenvalue weighted by molar-refractivity contribution is -0.162. The molecule has 0 bridgehead atoms. The molecule has 0 aromatic heterocycles. The Morgan fingerprint density at radius 2 is 1.36 bits per heavy atom. The standard InChI is InChI=1S/C23H42O2/c1-19(21(24)25-22(2,3)4)23-17-15-13-11-9-7-5-6-8-10-12-14-16-20(23)18-23/h19-20H,5-18H2,1-4H3. The van der Waals surface area contributed by atoms with Crippen LogP contribution in [0.1, 0.15) is 118 Å². The highest BCUT2D eigenvalue weighted by Gasteiger charge is 2.58. The van der Waals surface area contributed by atoms with Crippen LogP contribution in [0, 0.1) is 17.3 Å². The maximum absolute atomic E-state index is 12.7. The molecule has 0 aromatic rings. The second-order valence-electron chi connectivity index (χ2n) is 9.82. The van der Waals surface area contributed by atoms with E-state index in [-0.39, 0.29) is 22.9 Å². The van der Waals surface area contributed by atoms with Crippen LogP contribution < -0.4 is 0 Å². The molecule has 2 aliphatic carbocycles. The molecule has 3 unspecified atom stereocenters. The van der Waals surface area contributed by atoms with Crippen molar-refractivity contribution in [1.29, 1.82) is 0 Å². The molecule has 0 spiro atoms. The van der Waals surface area contributed by atoms with Gasteiger partial charge in [0.1, 0.15) is 5.60 Å². The molecule has 2 heteroatoms. The predicted octanol–water partition coefficient (Wildman–Crippen LogP) is 7.06. The molecular weight excluding hydrogens is 308 g/mol. The highest BCUT2D eigenvalue weighted by Crippen LogP contribution is 2.63. The van der Waals surface area contributed by atoms with Crippen LogP contribution in [0.2, 0.25) is 0 Å². The molecule has 2 saturated carbocycles. The Kier molecular flexibility index (Phi) is 7.83. The summed E-state index contributed by atoms with van der Waals surface area (Å²) in [7, 11) is 0. The van der Waals surface area contributed by atoms with Crippen molar-refractivity contribution in [2.45, 2.75) is 123 Å². The molecule has 25 heavy (non-hydrogen) atoms. The van der Waals surface area contributed by atoms with Crippen LogP contribution in [-0.2, 0) is 9.53 Å². The van der Waals surface area contributed by atoms with Gasteiger partial charge in [-0.05, 0) is 51.4 Å². The Bertz CT molecular complexity index is 409. The second-order valence-corrected chi connectivity index (χ2v) is 9.82. The smallest absolute Gasteiger partial charge is 0.309 e. The first-order valence-corrected chi connectivity index (χ1v) is 11.1. The van der Waals surface area contributed by atoms with Crippen molar-refractivity contribution < 1.29 is 9.53 Å². The molecule has 0 heterocycles. The van der Waals surface area contributed by atoms with E-state index in [0.29, 0.717) is 0 Å². The topological polar surface area (TPSA) is 26.3 Å². The summed E-state index contributed by atoms with van der Waals surface area (Å²) in [4.78, 5) is 12.7. The Labute approximate surface area is 156 Å². The number of fused-ring (bicyclic) bond motifs is 1. The van der Waals surface area contributed by atoms with Crippen LogP contribution in [0.4, 0.5) is 0 Å². The van der Waals surface area contributed by atoms with Gasteiger partial charge < -0.3 is 4.74 Å². The van der Waals surface area contributed by atoms with Gasteiger partial charge in [-0.25, -0.2) is 0 Å². The molecule has 0 N–H and O–H groups in total. The van der Waals surface area contributed by atoms with Gasteiger partial charge >= 0.3 is 5.97 Å². The normalized spacial score (nSPS) is 31.1. The van der Waals surface area contributed by atoms with E-state index in [9.17, 15) is 4.79 Å². The first-order chi connectivity index (χ1) is 11.9. The van der Waals surface area contributed by atoms with Gasteiger partial charge in [0.25, 0.3) is 0 Å². The number of carbonyl (C=O) groups is 1. The van der Waals surface area contributed by atoms with Gasteiger partial charge in [0.2, 0.25) is 0 Å². The molecule has 0 amide bonds. The first-order valence-electron chi connectivity index (χ1n) is 11.1. The van der Waals surface area contributed by atoms with Crippen LogP contribution >= 0.6 is 0 Å². The molecule has 146 valence electrons. The van der Waals surface area contributed by atoms with Gasteiger partial charge in [-0.3, -0.25) is 4.79 Å². The van der Waals surface area contributed by atoms with Crippen molar-refractivity contribution in [1.82, 2.24) is 0 Å². The van der Waals surface area contributed by atoms with Crippen molar-refractivity contribution in [3.8, 4) is 0 Å². The minimum absolute atomic E-state index is 0.0351. The minimum atomic E-state index is -0.369. The monoisotopic (exact) mass is 350 g/mol. The summed E-state index contributed by atoms with van der Waals surface area (Å²) < 4.78 is 5.73. The lowest BCUT2D eigenvalue weighted by Crippen LogP contribution is -2.32. The zero-order valence-electron chi connectivity index (χ0n) is 17.4. The molecule has 0 aromatic carbocycles. The van der Waals surface area contributed by atoms with E-state index in [1.165, 1.54) is 89.9 Å². The van der Waals surface area contributed by atoms with E-state index < -0.39 is 0 Å². The van der Waals surface area contributed by atoms with Crippen LogP contribution in [-0.4, -0.2) is 11.6 Å². The van der Waals surface area contributed by atoms with Gasteiger partial charge in [0.15, 0.2) is 0 Å². The predicted molar refractivity (Wildman–Crippen MR) is 106 cm³/mol. The SMILES string of the molecule is CC(C(=O)OC(C)(C)C)C12CCCCCCCCCCCCCC1C2. The lowest BCUT2D eigenvalue weighted by Gasteiger charge is -2.28. The summed E-state index contributed by atoms with van der Waals surface area (Å²) in [6, 6.07) is 0. The fourth-order valence-corrected chi connectivity index (χ4v) is 4.90. The summed E-state index contributed by atoms with van der Waals surface area (Å²) >= 11 is 0. The van der Waals surface area contributed by atoms with E-state index >= 15 is 0 Å². The van der Waals surface area contributed by atoms with Crippen molar-refractivity contribution in [3.63, 3.8) is 0 Å². The zero-order chi connectivity index (χ0) is 18.3. The zero-order valence-corrected chi connectivity index (χ0v) is 17.4. The summed E-state index contributed by atoms with van der Waals surface area (Å²) in [5, 5.41) is 0. The summed E-state index contributed by atoms with van der Waals surface area (Å²) in [6.07, 6.45) is 19.1. The number of rotatable bonds is 2. The molecule has 2 fully saturated rings. The number of hydrogen-bond acceptors (Lipinski definition) is 2. The molecule has 0 aliphatic heterocycles. The highest BCUT2D eigenvalue weighted by atomic mass is 16.6. The van der Waals surface area contributed by atoms with Gasteiger partial charge in [-0.15, -0.1) is 0 Å². The van der Waals surface area contributed by atoms with Crippen molar-refractivity contribution in [3.05, 3.63) is 0 Å². The Hall–Kier alpha value is -0.530. The van der Waals surface area contributed by atoms with E-state index in [1.54, 1.807) is 0 Å². The third-order valence-corrected chi connectivity index (χ3v) is 6.60. The Morgan fingerprint density at radius 1 is 0.880 bits per heavy atom. The first kappa shape index (κ1) is 20.8. The summed E-state index contributed by atoms with van der Waals surface area (Å²) in [5.74, 6) is 0.862. The molecule has 0 radical (unpaired) electrons. The summed E-state index contributed by atoms with van der Waals surface area (Å²) in [5.41, 5.74) is -0.116. The maximum Gasteiger partial charge on any atom is 0.309 e. The number of esters is 1. The van der Waals surface area contributed by atoms with Crippen LogP contribution in [0.5, 0.6) is 0 Å². The molecule has 2 nitrogen and oxygen atoms in total. The van der Waals surface area contributed by atoms with E-state index in [4.69, 9.17) is 4.74 Å². The minimum Gasteiger partial charge on any atom is -0.460 e. The van der Waals surface area contributed by atoms with Gasteiger partial charge in [-0.1, -0.05) is 77.6 Å². The maximum atomic E-state index is 12.7. The van der Waals surface area contributed by atoms with Crippen molar-refractivity contribution in [2.75, 3.05) is 0 Å². The van der Waals surface area contributed by atoms with Crippen LogP contribution in [0.15, 0.2) is 0 Å². The third kappa shape index (κ3) is 6.61. The molecular formula is C23H42O2. The number of ether oxygens (including phenoxy) is 1. The second kappa shape index (κ2) is 9.42. The van der Waals surface area contributed by atoms with Gasteiger partial charge in [0, 0.05) is 0 Å². The number of hydrogen-bond donors (Lipinski definition) is 0. The van der Waals surface area contributed by atoms with E-state index in [0.717, 1.165) is 5.92 Å². The van der Waals surface area contributed by atoms with Crippen molar-refractivity contribution in [2.24, 2.45) is 17.3 Å². The molecule has 3 atom stereocenters. The average Bonchev–Trinajstić information content (AvgIpc) is 3.23. The number of carbonyl (C=O) groups excluding carboxylic acids is 1. The largest absolute Gasteiger partial charge is 0.460 e. The fraction of sp³-hybridized carbons (Fsp3) is 0.957. The third-order valence-electron chi connectivity index (χ3n) is 6.60. The Balaban J connectivity index is 1.93. The highest BCUT2D eigenvalue weighted by molar-refractivity contribution is 5.74. The Morgan fingerprint density at radius 3 is 1.88 bits per heavy atom. The van der Waals surface area contributed by atoms with Crippen molar-refractivity contribution >= 4 is 5.97 Å². The molecule has 0 saturated heterocycles. The quantitative estimate of drug-likeness (QED) is 0.498.